The normalized spacial score (nSPS) is 54.3. The maximum atomic E-state index is 13.5. The number of hydrogen-bond donors (Lipinski definition) is 3. The molecule has 2 aliphatic carbocycles. The number of aliphatic hydroxyl groups excluding tert-OH is 2. The molecule has 38 heavy (non-hydrogen) atoms. The Morgan fingerprint density at radius 1 is 1.16 bits per heavy atom. The van der Waals surface area contributed by atoms with E-state index in [1.54, 1.807) is 20.3 Å². The summed E-state index contributed by atoms with van der Waals surface area (Å²) in [5, 5.41) is 33.8. The summed E-state index contributed by atoms with van der Waals surface area (Å²) in [5.74, 6) is -1.95. The molecule has 0 aromatic carbocycles. The summed E-state index contributed by atoms with van der Waals surface area (Å²) in [4.78, 5) is 13.5. The molecule has 4 aliphatic heterocycles. The predicted molar refractivity (Wildman–Crippen MR) is 131 cm³/mol. The number of aliphatic hydroxyl groups is 3. The molecule has 0 aromatic rings. The van der Waals surface area contributed by atoms with E-state index in [0.29, 0.717) is 32.1 Å². The van der Waals surface area contributed by atoms with Crippen molar-refractivity contribution in [1.82, 2.24) is 0 Å². The van der Waals surface area contributed by atoms with E-state index in [1.807, 2.05) is 13.8 Å². The number of esters is 1. The van der Waals surface area contributed by atoms with Crippen LogP contribution in [0.2, 0.25) is 0 Å². The highest BCUT2D eigenvalue weighted by Gasteiger charge is 2.66. The molecule has 4 heterocycles. The molecule has 10 nitrogen and oxygen atoms in total. The smallest absolute Gasteiger partial charge is 0.309 e. The molecule has 0 radical (unpaired) electrons. The molecule has 5 fully saturated rings. The van der Waals surface area contributed by atoms with Crippen LogP contribution in [0.1, 0.15) is 65.7 Å². The van der Waals surface area contributed by atoms with Crippen LogP contribution in [0.4, 0.5) is 0 Å². The van der Waals surface area contributed by atoms with Crippen LogP contribution in [0.5, 0.6) is 0 Å². The molecule has 214 valence electrons. The van der Waals surface area contributed by atoms with Crippen LogP contribution in [-0.4, -0.2) is 89.3 Å². The Morgan fingerprint density at radius 3 is 2.71 bits per heavy atom. The quantitative estimate of drug-likeness (QED) is 0.361. The summed E-state index contributed by atoms with van der Waals surface area (Å²) < 4.78 is 35.4. The van der Waals surface area contributed by atoms with Crippen LogP contribution >= 0.6 is 0 Å². The van der Waals surface area contributed by atoms with Crippen molar-refractivity contribution in [2.45, 2.75) is 120 Å². The van der Waals surface area contributed by atoms with Gasteiger partial charge < -0.3 is 43.7 Å². The third-order valence-corrected chi connectivity index (χ3v) is 10.8. The fraction of sp³-hybridized carbons (Fsp3) is 0.893. The molecule has 2 saturated carbocycles. The zero-order valence-electron chi connectivity index (χ0n) is 22.7. The van der Waals surface area contributed by atoms with Gasteiger partial charge >= 0.3 is 5.97 Å². The standard InChI is InChI=1S/C28H42O10/c1-14-24(30)19(33-4)10-22(36-14)37-16-7-8-26(2)18-6-5-15-12-34-27(3)23(15)20(13-35-27)38-25(31)17(18)9-21(29)28(26,32)11-16/h12,14,16-24,29-30,32H,5-11,13H2,1-4H3. The molecular formula is C28H42O10. The summed E-state index contributed by atoms with van der Waals surface area (Å²) in [7, 11) is 1.56. The van der Waals surface area contributed by atoms with Gasteiger partial charge in [-0.05, 0) is 50.5 Å². The maximum absolute atomic E-state index is 13.5. The predicted octanol–water partition coefficient (Wildman–Crippen LogP) is 1.78. The molecule has 0 bridgehead atoms. The second-order valence-electron chi connectivity index (χ2n) is 12.7. The van der Waals surface area contributed by atoms with Crippen molar-refractivity contribution < 1.29 is 48.5 Å². The Bertz CT molecular complexity index is 971. The lowest BCUT2D eigenvalue weighted by molar-refractivity contribution is -0.294. The Hall–Kier alpha value is -1.27. The van der Waals surface area contributed by atoms with E-state index in [9.17, 15) is 20.1 Å². The zero-order chi connectivity index (χ0) is 27.0. The van der Waals surface area contributed by atoms with Crippen molar-refractivity contribution in [1.29, 1.82) is 0 Å². The first-order valence-electron chi connectivity index (χ1n) is 14.1. The van der Waals surface area contributed by atoms with E-state index >= 15 is 0 Å². The van der Waals surface area contributed by atoms with Gasteiger partial charge in [0.1, 0.15) is 12.2 Å². The number of hydrogen-bond acceptors (Lipinski definition) is 10. The highest BCUT2D eigenvalue weighted by atomic mass is 16.7. The van der Waals surface area contributed by atoms with Gasteiger partial charge in [-0.15, -0.1) is 0 Å². The van der Waals surface area contributed by atoms with Crippen LogP contribution in [0.15, 0.2) is 11.8 Å². The van der Waals surface area contributed by atoms with Gasteiger partial charge in [-0.3, -0.25) is 4.79 Å². The lowest BCUT2D eigenvalue weighted by Gasteiger charge is -2.61. The minimum atomic E-state index is -1.43. The second-order valence-corrected chi connectivity index (χ2v) is 12.7. The molecule has 0 amide bonds. The largest absolute Gasteiger partial charge is 0.469 e. The van der Waals surface area contributed by atoms with Crippen LogP contribution in [-0.2, 0) is 33.2 Å². The number of carbonyl (C=O) groups is 1. The molecule has 6 rings (SSSR count). The van der Waals surface area contributed by atoms with Gasteiger partial charge in [0.15, 0.2) is 6.29 Å². The van der Waals surface area contributed by atoms with E-state index in [4.69, 9.17) is 28.4 Å². The summed E-state index contributed by atoms with van der Waals surface area (Å²) in [6, 6.07) is 0. The van der Waals surface area contributed by atoms with Crippen LogP contribution in [0, 0.1) is 23.2 Å². The van der Waals surface area contributed by atoms with Crippen molar-refractivity contribution >= 4 is 5.97 Å². The maximum Gasteiger partial charge on any atom is 0.309 e. The van der Waals surface area contributed by atoms with E-state index < -0.39 is 59.5 Å². The monoisotopic (exact) mass is 538 g/mol. The fourth-order valence-electron chi connectivity index (χ4n) is 8.46. The first kappa shape index (κ1) is 26.9. The number of rotatable bonds is 3. The Balaban J connectivity index is 1.22. The van der Waals surface area contributed by atoms with Gasteiger partial charge in [0, 0.05) is 32.3 Å². The molecule has 13 atom stereocenters. The number of ether oxygens (including phenoxy) is 6. The third kappa shape index (κ3) is 3.97. The second kappa shape index (κ2) is 9.39. The van der Waals surface area contributed by atoms with E-state index in [1.165, 1.54) is 0 Å². The highest BCUT2D eigenvalue weighted by Crippen LogP contribution is 2.61. The van der Waals surface area contributed by atoms with Gasteiger partial charge in [-0.1, -0.05) is 6.92 Å². The lowest BCUT2D eigenvalue weighted by Crippen LogP contribution is -2.67. The summed E-state index contributed by atoms with van der Waals surface area (Å²) in [6.07, 6.45) is 1.17. The van der Waals surface area contributed by atoms with E-state index in [-0.39, 0.29) is 43.4 Å². The van der Waals surface area contributed by atoms with Gasteiger partial charge in [-0.2, -0.15) is 0 Å². The van der Waals surface area contributed by atoms with Crippen molar-refractivity contribution in [3.63, 3.8) is 0 Å². The van der Waals surface area contributed by atoms with Crippen molar-refractivity contribution in [3.05, 3.63) is 11.8 Å². The van der Waals surface area contributed by atoms with Gasteiger partial charge in [-0.25, -0.2) is 0 Å². The van der Waals surface area contributed by atoms with Crippen molar-refractivity contribution in [3.8, 4) is 0 Å². The van der Waals surface area contributed by atoms with E-state index in [2.05, 4.69) is 0 Å². The van der Waals surface area contributed by atoms with Gasteiger partial charge in [0.2, 0.25) is 5.79 Å². The van der Waals surface area contributed by atoms with Crippen molar-refractivity contribution in [2.24, 2.45) is 23.2 Å². The molecule has 10 heteroatoms. The Kier molecular flexibility index (Phi) is 6.66. The number of carbonyl (C=O) groups excluding carboxylic acids is 1. The number of fused-ring (bicyclic) bond motifs is 3. The highest BCUT2D eigenvalue weighted by molar-refractivity contribution is 5.74. The molecule has 0 spiro atoms. The van der Waals surface area contributed by atoms with Crippen LogP contribution in [0.25, 0.3) is 0 Å². The third-order valence-electron chi connectivity index (χ3n) is 10.8. The minimum absolute atomic E-state index is 0.139. The Morgan fingerprint density at radius 2 is 1.95 bits per heavy atom. The average Bonchev–Trinajstić information content (AvgIpc) is 3.38. The lowest BCUT2D eigenvalue weighted by atomic mass is 9.48. The van der Waals surface area contributed by atoms with Gasteiger partial charge in [0.05, 0.1) is 54.7 Å². The first-order valence-corrected chi connectivity index (χ1v) is 14.1. The zero-order valence-corrected chi connectivity index (χ0v) is 22.7. The summed E-state index contributed by atoms with van der Waals surface area (Å²) in [5.41, 5.74) is -1.06. The van der Waals surface area contributed by atoms with Crippen LogP contribution in [0.3, 0.4) is 0 Å². The first-order chi connectivity index (χ1) is 18.0. The molecule has 13 unspecified atom stereocenters. The average molecular weight is 539 g/mol. The fourth-order valence-corrected chi connectivity index (χ4v) is 8.46. The molecule has 3 N–H and O–H groups in total. The minimum Gasteiger partial charge on any atom is -0.469 e. The molecular weight excluding hydrogens is 496 g/mol. The molecule has 0 aromatic heterocycles. The summed E-state index contributed by atoms with van der Waals surface area (Å²) >= 11 is 0. The number of methoxy groups -OCH3 is 1. The van der Waals surface area contributed by atoms with E-state index in [0.717, 1.165) is 5.57 Å². The van der Waals surface area contributed by atoms with Crippen LogP contribution < -0.4 is 0 Å². The molecule has 3 saturated heterocycles. The van der Waals surface area contributed by atoms with Gasteiger partial charge in [0.25, 0.3) is 0 Å². The topological polar surface area (TPSA) is 133 Å². The molecule has 6 aliphatic rings. The summed E-state index contributed by atoms with van der Waals surface area (Å²) in [6.45, 7) is 5.97. The Labute approximate surface area is 223 Å². The van der Waals surface area contributed by atoms with Crippen molar-refractivity contribution in [2.75, 3.05) is 13.7 Å². The SMILES string of the molecule is COC1CC(OC2CCC3(C)C4CCC5=COC6(C)OCC(OC(=O)C4CC(O)C3(O)C2)C56)OC(C)C1O.